The van der Waals surface area contributed by atoms with E-state index < -0.39 is 11.4 Å². The lowest BCUT2D eigenvalue weighted by molar-refractivity contribution is 0.562. The maximum Gasteiger partial charge on any atom is 0.144 e. The van der Waals surface area contributed by atoms with Crippen LogP contribution in [0.5, 0.6) is 0 Å². The molecule has 0 saturated carbocycles. The highest BCUT2D eigenvalue weighted by atomic mass is 32.2. The van der Waals surface area contributed by atoms with Crippen LogP contribution in [0.15, 0.2) is 46.9 Å². The van der Waals surface area contributed by atoms with E-state index in [0.29, 0.717) is 5.92 Å². The first-order valence-corrected chi connectivity index (χ1v) is 9.70. The summed E-state index contributed by atoms with van der Waals surface area (Å²) in [5.41, 5.74) is 3.34. The standard InChI is InChI=1S/C20H25NOS2/c1-14(2)15-10-11-17(18-8-6-7-9-19(18)23)16(12-15)13-21-24(22)20(3,4)5/h6-14,18H,1-5H3. The van der Waals surface area contributed by atoms with Crippen LogP contribution >= 0.6 is 12.2 Å². The van der Waals surface area contributed by atoms with E-state index in [4.69, 9.17) is 12.2 Å². The lowest BCUT2D eigenvalue weighted by atomic mass is 9.87. The van der Waals surface area contributed by atoms with Crippen LogP contribution in [0.25, 0.3) is 0 Å². The normalized spacial score (nSPS) is 19.5. The number of thiocarbonyl (C=S) groups is 1. The number of hydrogen-bond acceptors (Lipinski definition) is 3. The zero-order valence-corrected chi connectivity index (χ0v) is 16.6. The fourth-order valence-corrected chi connectivity index (χ4v) is 3.20. The van der Waals surface area contributed by atoms with Gasteiger partial charge in [0, 0.05) is 16.3 Å². The molecular formula is C20H25NOS2. The molecule has 0 N–H and O–H groups in total. The van der Waals surface area contributed by atoms with E-state index in [1.165, 1.54) is 5.56 Å². The molecule has 2 rings (SSSR count). The molecule has 0 aromatic heterocycles. The average molecular weight is 360 g/mol. The van der Waals surface area contributed by atoms with Gasteiger partial charge in [-0.25, -0.2) is 0 Å². The van der Waals surface area contributed by atoms with Gasteiger partial charge in [0.25, 0.3) is 0 Å². The van der Waals surface area contributed by atoms with E-state index in [2.05, 4.69) is 42.5 Å². The molecule has 0 heterocycles. The molecule has 1 aliphatic carbocycles. The molecule has 1 aromatic carbocycles. The zero-order chi connectivity index (χ0) is 17.9. The van der Waals surface area contributed by atoms with Crippen molar-refractivity contribution in [3.63, 3.8) is 0 Å². The fraction of sp³-hybridized carbons (Fsp3) is 0.400. The lowest BCUT2D eigenvalue weighted by Gasteiger charge is -2.20. The highest BCUT2D eigenvalue weighted by Crippen LogP contribution is 2.28. The van der Waals surface area contributed by atoms with Crippen LogP contribution in [-0.2, 0) is 11.4 Å². The smallest absolute Gasteiger partial charge is 0.144 e. The second-order valence-corrected chi connectivity index (χ2v) is 9.67. The Kier molecular flexibility index (Phi) is 6.18. The minimum Gasteiger partial charge on any atom is -0.591 e. The van der Waals surface area contributed by atoms with E-state index in [9.17, 15) is 4.55 Å². The topological polar surface area (TPSA) is 35.4 Å². The third-order valence-corrected chi connectivity index (χ3v) is 5.64. The largest absolute Gasteiger partial charge is 0.591 e. The van der Waals surface area contributed by atoms with Gasteiger partial charge in [0.2, 0.25) is 0 Å². The van der Waals surface area contributed by atoms with Crippen LogP contribution in [0.4, 0.5) is 0 Å². The Morgan fingerprint density at radius 1 is 1.25 bits per heavy atom. The molecular weight excluding hydrogens is 334 g/mol. The predicted octanol–water partition coefficient (Wildman–Crippen LogP) is 5.27. The van der Waals surface area contributed by atoms with E-state index in [1.54, 1.807) is 6.21 Å². The minimum atomic E-state index is -1.27. The summed E-state index contributed by atoms with van der Waals surface area (Å²) in [5, 5.41) is 0. The molecule has 24 heavy (non-hydrogen) atoms. The number of allylic oxidation sites excluding steroid dienone is 4. The van der Waals surface area contributed by atoms with Crippen LogP contribution in [0.1, 0.15) is 63.1 Å². The first-order valence-electron chi connectivity index (χ1n) is 8.19. The van der Waals surface area contributed by atoms with Crippen molar-refractivity contribution in [2.75, 3.05) is 0 Å². The van der Waals surface area contributed by atoms with Crippen molar-refractivity contribution in [3.8, 4) is 0 Å². The predicted molar refractivity (Wildman–Crippen MR) is 110 cm³/mol. The maximum absolute atomic E-state index is 12.3. The number of rotatable bonds is 4. The zero-order valence-electron chi connectivity index (χ0n) is 14.9. The van der Waals surface area contributed by atoms with Gasteiger partial charge in [-0.15, -0.1) is 0 Å². The summed E-state index contributed by atoms with van der Waals surface area (Å²) in [6.45, 7) is 10.1. The maximum atomic E-state index is 12.3. The number of nitrogens with zero attached hydrogens (tertiary/aromatic N) is 1. The van der Waals surface area contributed by atoms with Crippen LogP contribution < -0.4 is 0 Å². The Balaban J connectivity index is 2.44. The first-order chi connectivity index (χ1) is 11.2. The van der Waals surface area contributed by atoms with Crippen molar-refractivity contribution in [3.05, 3.63) is 59.2 Å². The number of hydrogen-bond donors (Lipinski definition) is 0. The van der Waals surface area contributed by atoms with E-state index >= 15 is 0 Å². The van der Waals surface area contributed by atoms with Crippen LogP contribution in [0.3, 0.4) is 0 Å². The monoisotopic (exact) mass is 359 g/mol. The molecule has 4 heteroatoms. The van der Waals surface area contributed by atoms with Gasteiger partial charge in [0.05, 0.1) is 6.21 Å². The summed E-state index contributed by atoms with van der Waals surface area (Å²) in [6.07, 6.45) is 9.79. The third-order valence-electron chi connectivity index (χ3n) is 3.91. The summed E-state index contributed by atoms with van der Waals surface area (Å²) in [5.74, 6) is 0.490. The van der Waals surface area contributed by atoms with Gasteiger partial charge >= 0.3 is 0 Å². The van der Waals surface area contributed by atoms with Crippen molar-refractivity contribution in [1.29, 1.82) is 0 Å². The Hall–Kier alpha value is -1.23. The van der Waals surface area contributed by atoms with Crippen molar-refractivity contribution < 1.29 is 4.55 Å². The Morgan fingerprint density at radius 3 is 2.54 bits per heavy atom. The van der Waals surface area contributed by atoms with Gasteiger partial charge in [0.15, 0.2) is 0 Å². The lowest BCUT2D eigenvalue weighted by Crippen LogP contribution is -2.26. The summed E-state index contributed by atoms with van der Waals surface area (Å²) in [6, 6.07) is 6.40. The third kappa shape index (κ3) is 4.65. The second kappa shape index (κ2) is 7.77. The summed E-state index contributed by atoms with van der Waals surface area (Å²) in [7, 11) is 0. The molecule has 1 aliphatic rings. The second-order valence-electron chi connectivity index (χ2n) is 7.26. The van der Waals surface area contributed by atoms with Gasteiger partial charge in [0.1, 0.15) is 16.1 Å². The molecule has 2 unspecified atom stereocenters. The van der Waals surface area contributed by atoms with E-state index in [1.807, 2.05) is 39.0 Å². The highest BCUT2D eigenvalue weighted by Gasteiger charge is 2.26. The van der Waals surface area contributed by atoms with Crippen molar-refractivity contribution in [2.45, 2.75) is 51.2 Å². The summed E-state index contributed by atoms with van der Waals surface area (Å²) < 4.78 is 16.2. The molecule has 128 valence electrons. The van der Waals surface area contributed by atoms with Crippen LogP contribution in [0, 0.1) is 0 Å². The first kappa shape index (κ1) is 19.1. The van der Waals surface area contributed by atoms with E-state index in [0.717, 1.165) is 16.0 Å². The van der Waals surface area contributed by atoms with Gasteiger partial charge in [-0.3, -0.25) is 0 Å². The van der Waals surface area contributed by atoms with Gasteiger partial charge in [-0.05, 0) is 50.0 Å². The van der Waals surface area contributed by atoms with Crippen molar-refractivity contribution in [1.82, 2.24) is 0 Å². The average Bonchev–Trinajstić information content (AvgIpc) is 2.52. The quantitative estimate of drug-likeness (QED) is 0.417. The van der Waals surface area contributed by atoms with Crippen LogP contribution in [-0.4, -0.2) is 20.4 Å². The summed E-state index contributed by atoms with van der Waals surface area (Å²) >= 11 is 4.23. The Bertz CT molecular complexity index is 696. The summed E-state index contributed by atoms with van der Waals surface area (Å²) in [4.78, 5) is 0.890. The molecule has 0 saturated heterocycles. The highest BCUT2D eigenvalue weighted by molar-refractivity contribution is 7.91. The molecule has 0 amide bonds. The Morgan fingerprint density at radius 2 is 1.96 bits per heavy atom. The van der Waals surface area contributed by atoms with Crippen molar-refractivity contribution in [2.24, 2.45) is 4.40 Å². The molecule has 2 nitrogen and oxygen atoms in total. The molecule has 0 bridgehead atoms. The molecule has 0 radical (unpaired) electrons. The number of benzene rings is 1. The van der Waals surface area contributed by atoms with Crippen molar-refractivity contribution >= 4 is 34.7 Å². The SMILES string of the molecule is CC(C)c1ccc(C2C=CC=CC2=S)c(C=N[S+]([O-])C(C)(C)C)c1. The molecule has 1 aromatic rings. The van der Waals surface area contributed by atoms with E-state index in [-0.39, 0.29) is 10.7 Å². The molecule has 0 fully saturated rings. The molecule has 2 atom stereocenters. The van der Waals surface area contributed by atoms with Gasteiger partial charge < -0.3 is 4.55 Å². The fourth-order valence-electron chi connectivity index (χ4n) is 2.39. The molecule has 0 spiro atoms. The van der Waals surface area contributed by atoms with Gasteiger partial charge in [-0.1, -0.05) is 60.8 Å². The Labute approximate surface area is 154 Å². The van der Waals surface area contributed by atoms with Crippen LogP contribution in [0.2, 0.25) is 0 Å². The molecule has 0 aliphatic heterocycles. The minimum absolute atomic E-state index is 0.0655. The van der Waals surface area contributed by atoms with Gasteiger partial charge in [-0.2, -0.15) is 0 Å².